The van der Waals surface area contributed by atoms with Crippen molar-refractivity contribution in [3.05, 3.63) is 0 Å². The first kappa shape index (κ1) is 13.4. The molecule has 1 N–H and O–H groups in total. The van der Waals surface area contributed by atoms with Crippen LogP contribution >= 0.6 is 0 Å². The summed E-state index contributed by atoms with van der Waals surface area (Å²) in [5.41, 5.74) is 0.946. The molecule has 0 amide bonds. The van der Waals surface area contributed by atoms with E-state index in [1.54, 1.807) is 0 Å². The quantitative estimate of drug-likeness (QED) is 0.767. The Labute approximate surface area is 107 Å². The third kappa shape index (κ3) is 2.39. The van der Waals surface area contributed by atoms with Gasteiger partial charge in [-0.05, 0) is 38.0 Å². The van der Waals surface area contributed by atoms with Crippen LogP contribution in [0, 0.1) is 10.8 Å². The van der Waals surface area contributed by atoms with Gasteiger partial charge in [0.15, 0.2) is 0 Å². The molecule has 2 fully saturated rings. The highest BCUT2D eigenvalue weighted by Crippen LogP contribution is 2.47. The zero-order valence-electron chi connectivity index (χ0n) is 12.0. The van der Waals surface area contributed by atoms with Gasteiger partial charge in [0.1, 0.15) is 0 Å². The van der Waals surface area contributed by atoms with E-state index in [0.717, 1.165) is 6.61 Å². The predicted molar refractivity (Wildman–Crippen MR) is 72.2 cm³/mol. The second kappa shape index (κ2) is 4.89. The Morgan fingerprint density at radius 3 is 2.41 bits per heavy atom. The lowest BCUT2D eigenvalue weighted by atomic mass is 9.61. The van der Waals surface area contributed by atoms with E-state index in [2.05, 4.69) is 33.0 Å². The zero-order chi connectivity index (χ0) is 12.5. The standard InChI is InChI=1S/C15H29NO/c1-5-15(4)12(10-13(15)17-6-2)16-11-14(3)8-7-9-14/h12-13,16H,5-11H2,1-4H3. The summed E-state index contributed by atoms with van der Waals surface area (Å²) in [6.07, 6.45) is 7.13. The molecule has 3 atom stereocenters. The molecule has 0 aromatic rings. The van der Waals surface area contributed by atoms with Gasteiger partial charge in [0, 0.05) is 24.6 Å². The Morgan fingerprint density at radius 2 is 1.94 bits per heavy atom. The third-order valence-electron chi connectivity index (χ3n) is 5.45. The van der Waals surface area contributed by atoms with E-state index in [9.17, 15) is 0 Å². The van der Waals surface area contributed by atoms with Crippen LogP contribution in [0.15, 0.2) is 0 Å². The number of hydrogen-bond donors (Lipinski definition) is 1. The molecule has 0 aromatic heterocycles. The van der Waals surface area contributed by atoms with E-state index in [1.165, 1.54) is 38.6 Å². The van der Waals surface area contributed by atoms with Crippen molar-refractivity contribution in [2.45, 2.75) is 71.9 Å². The van der Waals surface area contributed by atoms with Crippen molar-refractivity contribution in [1.82, 2.24) is 5.32 Å². The Balaban J connectivity index is 1.82. The summed E-state index contributed by atoms with van der Waals surface area (Å²) in [7, 11) is 0. The second-order valence-electron chi connectivity index (χ2n) is 6.64. The summed E-state index contributed by atoms with van der Waals surface area (Å²) < 4.78 is 5.85. The number of nitrogens with one attached hydrogen (secondary N) is 1. The molecule has 2 nitrogen and oxygen atoms in total. The van der Waals surface area contributed by atoms with Crippen LogP contribution in [-0.4, -0.2) is 25.3 Å². The summed E-state index contributed by atoms with van der Waals surface area (Å²) in [5, 5.41) is 3.81. The van der Waals surface area contributed by atoms with Crippen LogP contribution in [0.1, 0.15) is 59.8 Å². The lowest BCUT2D eigenvalue weighted by molar-refractivity contribution is -0.128. The molecular formula is C15H29NO. The average molecular weight is 239 g/mol. The average Bonchev–Trinajstić information content (AvgIpc) is 2.29. The minimum atomic E-state index is 0.357. The van der Waals surface area contributed by atoms with Crippen molar-refractivity contribution in [3.8, 4) is 0 Å². The molecule has 0 aliphatic heterocycles. The number of hydrogen-bond acceptors (Lipinski definition) is 2. The highest BCUT2D eigenvalue weighted by atomic mass is 16.5. The van der Waals surface area contributed by atoms with E-state index in [-0.39, 0.29) is 0 Å². The smallest absolute Gasteiger partial charge is 0.0658 e. The molecule has 2 aliphatic rings. The van der Waals surface area contributed by atoms with Crippen LogP contribution < -0.4 is 5.32 Å². The van der Waals surface area contributed by atoms with Gasteiger partial charge in [-0.15, -0.1) is 0 Å². The van der Waals surface area contributed by atoms with Crippen LogP contribution in [0.3, 0.4) is 0 Å². The molecule has 2 heteroatoms. The zero-order valence-corrected chi connectivity index (χ0v) is 12.0. The van der Waals surface area contributed by atoms with E-state index in [0.29, 0.717) is 23.0 Å². The molecular weight excluding hydrogens is 210 g/mol. The topological polar surface area (TPSA) is 21.3 Å². The first-order valence-electron chi connectivity index (χ1n) is 7.39. The molecule has 0 radical (unpaired) electrons. The van der Waals surface area contributed by atoms with Gasteiger partial charge in [0.25, 0.3) is 0 Å². The van der Waals surface area contributed by atoms with Crippen molar-refractivity contribution in [1.29, 1.82) is 0 Å². The Kier molecular flexibility index (Phi) is 3.84. The highest BCUT2D eigenvalue weighted by molar-refractivity contribution is 5.05. The van der Waals surface area contributed by atoms with Crippen molar-refractivity contribution in [2.75, 3.05) is 13.2 Å². The Hall–Kier alpha value is -0.0800. The molecule has 0 bridgehead atoms. The van der Waals surface area contributed by atoms with Crippen LogP contribution in [0.4, 0.5) is 0 Å². The minimum Gasteiger partial charge on any atom is -0.378 e. The fourth-order valence-electron chi connectivity index (χ4n) is 3.39. The van der Waals surface area contributed by atoms with Gasteiger partial charge in [0.2, 0.25) is 0 Å². The second-order valence-corrected chi connectivity index (χ2v) is 6.64. The van der Waals surface area contributed by atoms with E-state index >= 15 is 0 Å². The van der Waals surface area contributed by atoms with E-state index in [4.69, 9.17) is 4.74 Å². The Bertz CT molecular complexity index is 262. The lowest BCUT2D eigenvalue weighted by Gasteiger charge is -2.55. The molecule has 0 spiro atoms. The Morgan fingerprint density at radius 1 is 1.24 bits per heavy atom. The van der Waals surface area contributed by atoms with Crippen molar-refractivity contribution in [3.63, 3.8) is 0 Å². The van der Waals surface area contributed by atoms with Crippen LogP contribution in [-0.2, 0) is 4.74 Å². The molecule has 2 saturated carbocycles. The summed E-state index contributed by atoms with van der Waals surface area (Å²) >= 11 is 0. The maximum Gasteiger partial charge on any atom is 0.0658 e. The molecule has 0 heterocycles. The monoisotopic (exact) mass is 239 g/mol. The first-order valence-corrected chi connectivity index (χ1v) is 7.39. The number of rotatable bonds is 6. The molecule has 2 aliphatic carbocycles. The largest absolute Gasteiger partial charge is 0.378 e. The van der Waals surface area contributed by atoms with Gasteiger partial charge in [0.05, 0.1) is 6.10 Å². The van der Waals surface area contributed by atoms with Crippen LogP contribution in [0.5, 0.6) is 0 Å². The van der Waals surface area contributed by atoms with Gasteiger partial charge in [-0.1, -0.05) is 27.2 Å². The van der Waals surface area contributed by atoms with Crippen molar-refractivity contribution in [2.24, 2.45) is 10.8 Å². The number of ether oxygens (including phenoxy) is 1. The van der Waals surface area contributed by atoms with Gasteiger partial charge < -0.3 is 10.1 Å². The lowest BCUT2D eigenvalue weighted by Crippen LogP contribution is -2.63. The van der Waals surface area contributed by atoms with Gasteiger partial charge in [-0.2, -0.15) is 0 Å². The van der Waals surface area contributed by atoms with Gasteiger partial charge in [-0.25, -0.2) is 0 Å². The highest BCUT2D eigenvalue weighted by Gasteiger charge is 2.51. The summed E-state index contributed by atoms with van der Waals surface area (Å²) in [6.45, 7) is 11.3. The SMILES string of the molecule is CCOC1CC(NCC2(C)CCC2)C1(C)CC. The maximum atomic E-state index is 5.85. The predicted octanol–water partition coefficient (Wildman–Crippen LogP) is 3.36. The van der Waals surface area contributed by atoms with E-state index in [1.807, 2.05) is 0 Å². The molecule has 2 rings (SSSR count). The molecule has 17 heavy (non-hydrogen) atoms. The fourth-order valence-corrected chi connectivity index (χ4v) is 3.39. The van der Waals surface area contributed by atoms with Crippen molar-refractivity contribution < 1.29 is 4.74 Å². The maximum absolute atomic E-state index is 5.85. The van der Waals surface area contributed by atoms with Gasteiger partial charge in [-0.3, -0.25) is 0 Å². The molecule has 3 unspecified atom stereocenters. The summed E-state index contributed by atoms with van der Waals surface area (Å²) in [4.78, 5) is 0. The normalized spacial score (nSPS) is 39.5. The van der Waals surface area contributed by atoms with E-state index < -0.39 is 0 Å². The van der Waals surface area contributed by atoms with Crippen LogP contribution in [0.25, 0.3) is 0 Å². The van der Waals surface area contributed by atoms with Crippen molar-refractivity contribution >= 4 is 0 Å². The first-order chi connectivity index (χ1) is 8.04. The molecule has 0 saturated heterocycles. The summed E-state index contributed by atoms with van der Waals surface area (Å²) in [6, 6.07) is 0.668. The van der Waals surface area contributed by atoms with Crippen LogP contribution in [0.2, 0.25) is 0 Å². The summed E-state index contributed by atoms with van der Waals surface area (Å²) in [5.74, 6) is 0. The molecule has 0 aromatic carbocycles. The molecule has 100 valence electrons. The van der Waals surface area contributed by atoms with Gasteiger partial charge >= 0.3 is 0 Å². The minimum absolute atomic E-state index is 0.357. The fraction of sp³-hybridized carbons (Fsp3) is 1.00. The third-order valence-corrected chi connectivity index (χ3v) is 5.45.